The van der Waals surface area contributed by atoms with Crippen LogP contribution >= 0.6 is 11.6 Å². The van der Waals surface area contributed by atoms with Gasteiger partial charge in [-0.3, -0.25) is 0 Å². The Bertz CT molecular complexity index is 801. The third kappa shape index (κ3) is 2.04. The molecule has 3 rings (SSSR count). The first kappa shape index (κ1) is 12.0. The Balaban J connectivity index is 2.33. The Morgan fingerprint density at radius 2 is 1.58 bits per heavy atom. The Labute approximate surface area is 115 Å². The second-order valence-electron chi connectivity index (χ2n) is 4.44. The Hall–Kier alpha value is -2.06. The second kappa shape index (κ2) is 4.56. The number of aryl methyl sites for hydroxylation is 1. The van der Waals surface area contributed by atoms with Crippen molar-refractivity contribution in [3.63, 3.8) is 0 Å². The number of fused-ring (bicyclic) bond motifs is 1. The normalized spacial score (nSPS) is 10.8. The first-order valence-electron chi connectivity index (χ1n) is 5.95. The molecule has 3 heteroatoms. The lowest BCUT2D eigenvalue weighted by Crippen LogP contribution is -2.01. The molecular weight excluding hydrogens is 260 g/mol. The fourth-order valence-corrected chi connectivity index (χ4v) is 2.37. The molecule has 0 atom stereocenters. The molecule has 0 radical (unpaired) electrons. The molecule has 19 heavy (non-hydrogen) atoms. The molecule has 2 aromatic carbocycles. The molecule has 0 spiro atoms. The summed E-state index contributed by atoms with van der Waals surface area (Å²) in [6.07, 6.45) is 0. The maximum absolute atomic E-state index is 12.0. The van der Waals surface area contributed by atoms with E-state index in [2.05, 4.69) is 0 Å². The van der Waals surface area contributed by atoms with Crippen LogP contribution in [0.25, 0.3) is 22.1 Å². The molecule has 0 amide bonds. The van der Waals surface area contributed by atoms with Crippen molar-refractivity contribution in [1.29, 1.82) is 0 Å². The molecule has 94 valence electrons. The third-order valence-electron chi connectivity index (χ3n) is 3.09. The molecule has 1 aromatic heterocycles. The Kier molecular flexibility index (Phi) is 2.88. The third-order valence-corrected chi connectivity index (χ3v) is 3.47. The number of benzene rings is 2. The van der Waals surface area contributed by atoms with Crippen molar-refractivity contribution >= 4 is 22.4 Å². The average molecular weight is 271 g/mol. The van der Waals surface area contributed by atoms with E-state index >= 15 is 0 Å². The summed E-state index contributed by atoms with van der Waals surface area (Å²) in [7, 11) is 0. The summed E-state index contributed by atoms with van der Waals surface area (Å²) in [5.41, 5.74) is 1.58. The van der Waals surface area contributed by atoms with Crippen LogP contribution in [0.2, 0.25) is 5.02 Å². The number of hydrogen-bond donors (Lipinski definition) is 0. The van der Waals surface area contributed by atoms with Gasteiger partial charge in [-0.05, 0) is 13.0 Å². The van der Waals surface area contributed by atoms with Crippen LogP contribution in [0.3, 0.4) is 0 Å². The number of rotatable bonds is 1. The molecule has 0 saturated carbocycles. The Morgan fingerprint density at radius 3 is 2.26 bits per heavy atom. The van der Waals surface area contributed by atoms with E-state index in [0.29, 0.717) is 16.2 Å². The molecule has 0 bridgehead atoms. The van der Waals surface area contributed by atoms with Crippen LogP contribution in [-0.4, -0.2) is 0 Å². The fraction of sp³-hybridized carbons (Fsp3) is 0.0625. The number of halogens is 1. The summed E-state index contributed by atoms with van der Waals surface area (Å²) in [6.45, 7) is 2.00. The van der Waals surface area contributed by atoms with E-state index in [4.69, 9.17) is 16.0 Å². The zero-order valence-corrected chi connectivity index (χ0v) is 11.1. The van der Waals surface area contributed by atoms with Gasteiger partial charge in [0.2, 0.25) is 0 Å². The molecule has 0 aliphatic carbocycles. The predicted octanol–water partition coefficient (Wildman–Crippen LogP) is 4.42. The zero-order chi connectivity index (χ0) is 13.4. The maximum atomic E-state index is 12.0. The van der Waals surface area contributed by atoms with Crippen LogP contribution in [0, 0.1) is 6.92 Å². The van der Waals surface area contributed by atoms with Crippen LogP contribution in [0.5, 0.6) is 0 Å². The van der Waals surface area contributed by atoms with E-state index in [1.165, 1.54) is 0 Å². The van der Waals surface area contributed by atoms with Gasteiger partial charge in [0.1, 0.15) is 0 Å². The minimum absolute atomic E-state index is 0.365. The smallest absolute Gasteiger partial charge is 0.344 e. The van der Waals surface area contributed by atoms with Gasteiger partial charge in [-0.15, -0.1) is 0 Å². The van der Waals surface area contributed by atoms with Gasteiger partial charge in [0.25, 0.3) is 0 Å². The molecule has 0 N–H and O–H groups in total. The van der Waals surface area contributed by atoms with Gasteiger partial charge in [0, 0.05) is 10.9 Å². The van der Waals surface area contributed by atoms with Crippen molar-refractivity contribution < 1.29 is 4.42 Å². The molecule has 3 aromatic rings. The van der Waals surface area contributed by atoms with Crippen molar-refractivity contribution in [2.75, 3.05) is 0 Å². The first-order valence-corrected chi connectivity index (χ1v) is 6.33. The van der Waals surface area contributed by atoms with Gasteiger partial charge in [-0.25, -0.2) is 4.79 Å². The van der Waals surface area contributed by atoms with Crippen molar-refractivity contribution in [1.82, 2.24) is 0 Å². The van der Waals surface area contributed by atoms with E-state index in [9.17, 15) is 4.79 Å². The topological polar surface area (TPSA) is 30.2 Å². The first-order chi connectivity index (χ1) is 9.16. The van der Waals surface area contributed by atoms with Crippen LogP contribution in [-0.2, 0) is 0 Å². The monoisotopic (exact) mass is 270 g/mol. The molecule has 0 fully saturated rings. The molecule has 0 aliphatic rings. The molecule has 0 unspecified atom stereocenters. The molecule has 2 nitrogen and oxygen atoms in total. The average Bonchev–Trinajstić information content (AvgIpc) is 2.44. The van der Waals surface area contributed by atoms with Gasteiger partial charge in [0.15, 0.2) is 5.76 Å². The van der Waals surface area contributed by atoms with Gasteiger partial charge in [-0.2, -0.15) is 0 Å². The van der Waals surface area contributed by atoms with Crippen LogP contribution in [0.1, 0.15) is 5.56 Å². The minimum Gasteiger partial charge on any atom is -0.421 e. The van der Waals surface area contributed by atoms with E-state index in [-0.39, 0.29) is 5.63 Å². The summed E-state index contributed by atoms with van der Waals surface area (Å²) in [5.74, 6) is 0.422. The standard InChI is InChI=1S/C16H11ClO2/c1-10-6-8-11(9-7-10)15-14(17)12-4-2-3-5-13(12)16(18)19-15/h2-9H,1H3. The van der Waals surface area contributed by atoms with Crippen molar-refractivity contribution in [3.8, 4) is 11.3 Å². The molecule has 0 aliphatic heterocycles. The highest BCUT2D eigenvalue weighted by Gasteiger charge is 2.13. The van der Waals surface area contributed by atoms with Crippen molar-refractivity contribution in [3.05, 3.63) is 69.5 Å². The summed E-state index contributed by atoms with van der Waals surface area (Å²) in [6, 6.07) is 14.9. The van der Waals surface area contributed by atoms with E-state index in [1.807, 2.05) is 43.3 Å². The molecule has 0 saturated heterocycles. The highest BCUT2D eigenvalue weighted by atomic mass is 35.5. The zero-order valence-electron chi connectivity index (χ0n) is 10.3. The van der Waals surface area contributed by atoms with Crippen LogP contribution in [0.4, 0.5) is 0 Å². The van der Waals surface area contributed by atoms with Gasteiger partial charge in [-0.1, -0.05) is 59.6 Å². The highest BCUT2D eigenvalue weighted by Crippen LogP contribution is 2.32. The lowest BCUT2D eigenvalue weighted by molar-refractivity contribution is 0.535. The summed E-state index contributed by atoms with van der Waals surface area (Å²) < 4.78 is 5.36. The van der Waals surface area contributed by atoms with Gasteiger partial charge in [0.05, 0.1) is 10.4 Å². The fourth-order valence-electron chi connectivity index (χ4n) is 2.06. The van der Waals surface area contributed by atoms with E-state index in [0.717, 1.165) is 16.5 Å². The summed E-state index contributed by atoms with van der Waals surface area (Å²) in [4.78, 5) is 12.0. The van der Waals surface area contributed by atoms with Gasteiger partial charge < -0.3 is 4.42 Å². The lowest BCUT2D eigenvalue weighted by atomic mass is 10.1. The van der Waals surface area contributed by atoms with Crippen LogP contribution in [0.15, 0.2) is 57.7 Å². The highest BCUT2D eigenvalue weighted by molar-refractivity contribution is 6.37. The predicted molar refractivity (Wildman–Crippen MR) is 77.7 cm³/mol. The lowest BCUT2D eigenvalue weighted by Gasteiger charge is -2.06. The second-order valence-corrected chi connectivity index (χ2v) is 4.82. The SMILES string of the molecule is Cc1ccc(-c2oc(=O)c3ccccc3c2Cl)cc1. The largest absolute Gasteiger partial charge is 0.421 e. The van der Waals surface area contributed by atoms with Gasteiger partial charge >= 0.3 is 5.63 Å². The summed E-state index contributed by atoms with van der Waals surface area (Å²) >= 11 is 6.36. The summed E-state index contributed by atoms with van der Waals surface area (Å²) in [5, 5.41) is 1.69. The Morgan fingerprint density at radius 1 is 0.947 bits per heavy atom. The van der Waals surface area contributed by atoms with Crippen LogP contribution < -0.4 is 5.63 Å². The van der Waals surface area contributed by atoms with Crippen molar-refractivity contribution in [2.45, 2.75) is 6.92 Å². The maximum Gasteiger partial charge on any atom is 0.344 e. The molecule has 1 heterocycles. The molecular formula is C16H11ClO2. The minimum atomic E-state index is -0.365. The van der Waals surface area contributed by atoms with Crippen molar-refractivity contribution in [2.24, 2.45) is 0 Å². The number of hydrogen-bond acceptors (Lipinski definition) is 2. The van der Waals surface area contributed by atoms with E-state index in [1.54, 1.807) is 12.1 Å². The van der Waals surface area contributed by atoms with E-state index < -0.39 is 0 Å². The quantitative estimate of drug-likeness (QED) is 0.655.